The van der Waals surface area contributed by atoms with Crippen molar-refractivity contribution < 1.29 is 14.6 Å². The molecule has 0 bridgehead atoms. The molecule has 0 radical (unpaired) electrons. The Labute approximate surface area is 98.4 Å². The van der Waals surface area contributed by atoms with Crippen LogP contribution in [0.15, 0.2) is 0 Å². The molecule has 2 N–H and O–H groups in total. The molecule has 0 heterocycles. The lowest BCUT2D eigenvalue weighted by Crippen LogP contribution is -2.57. The minimum absolute atomic E-state index is 0.230. The maximum Gasteiger partial charge on any atom is 0.310 e. The second-order valence-electron chi connectivity index (χ2n) is 5.38. The third kappa shape index (κ3) is 3.76. The van der Waals surface area contributed by atoms with Gasteiger partial charge in [0.05, 0.1) is 5.41 Å². The number of carboxylic acids is 1. The average molecular weight is 231 g/mol. The quantitative estimate of drug-likeness (QED) is 0.702. The van der Waals surface area contributed by atoms with Crippen LogP contribution in [0.25, 0.3) is 0 Å². The molecule has 1 unspecified atom stereocenters. The van der Waals surface area contributed by atoms with Crippen LogP contribution in [-0.2, 0) is 9.53 Å². The third-order valence-electron chi connectivity index (χ3n) is 3.46. The Hall–Kier alpha value is -0.610. The van der Waals surface area contributed by atoms with Crippen molar-refractivity contribution in [2.24, 2.45) is 5.41 Å². The molecular formula is C12H25NO3. The number of methoxy groups -OCH3 is 1. The fourth-order valence-corrected chi connectivity index (χ4v) is 1.43. The van der Waals surface area contributed by atoms with Crippen molar-refractivity contribution in [3.8, 4) is 0 Å². The van der Waals surface area contributed by atoms with Crippen LogP contribution in [0.4, 0.5) is 0 Å². The first-order valence-corrected chi connectivity index (χ1v) is 5.65. The summed E-state index contributed by atoms with van der Waals surface area (Å²) in [7, 11) is 1.67. The Kier molecular flexibility index (Phi) is 5.42. The van der Waals surface area contributed by atoms with Gasteiger partial charge in [-0.05, 0) is 41.0 Å². The lowest BCUT2D eigenvalue weighted by atomic mass is 9.74. The van der Waals surface area contributed by atoms with Gasteiger partial charge in [0, 0.05) is 25.3 Å². The molecule has 16 heavy (non-hydrogen) atoms. The molecule has 0 spiro atoms. The van der Waals surface area contributed by atoms with E-state index in [-0.39, 0.29) is 6.04 Å². The fourth-order valence-electron chi connectivity index (χ4n) is 1.43. The molecule has 1 atom stereocenters. The van der Waals surface area contributed by atoms with Gasteiger partial charge >= 0.3 is 5.97 Å². The predicted molar refractivity (Wildman–Crippen MR) is 64.6 cm³/mol. The van der Waals surface area contributed by atoms with Gasteiger partial charge in [0.25, 0.3) is 0 Å². The first-order valence-electron chi connectivity index (χ1n) is 5.65. The van der Waals surface area contributed by atoms with Crippen LogP contribution in [0.2, 0.25) is 0 Å². The summed E-state index contributed by atoms with van der Waals surface area (Å²) in [5.41, 5.74) is -1.28. The summed E-state index contributed by atoms with van der Waals surface area (Å²) >= 11 is 0. The highest BCUT2D eigenvalue weighted by molar-refractivity contribution is 5.75. The van der Waals surface area contributed by atoms with Gasteiger partial charge in [-0.25, -0.2) is 0 Å². The zero-order valence-corrected chi connectivity index (χ0v) is 11.3. The maximum atomic E-state index is 11.2. The van der Waals surface area contributed by atoms with Crippen LogP contribution in [0.3, 0.4) is 0 Å². The molecule has 0 aliphatic carbocycles. The lowest BCUT2D eigenvalue weighted by molar-refractivity contribution is -0.151. The smallest absolute Gasteiger partial charge is 0.310 e. The fraction of sp³-hybridized carbons (Fsp3) is 0.917. The van der Waals surface area contributed by atoms with Gasteiger partial charge in [-0.3, -0.25) is 4.79 Å². The molecule has 0 aliphatic rings. The van der Waals surface area contributed by atoms with E-state index in [1.54, 1.807) is 21.0 Å². The zero-order valence-electron chi connectivity index (χ0n) is 11.3. The second-order valence-corrected chi connectivity index (χ2v) is 5.38. The predicted octanol–water partition coefficient (Wildman–Crippen LogP) is 1.89. The number of hydrogen-bond donors (Lipinski definition) is 2. The molecular weight excluding hydrogens is 206 g/mol. The summed E-state index contributed by atoms with van der Waals surface area (Å²) in [6.45, 7) is 10.0. The minimum Gasteiger partial charge on any atom is -0.481 e. The Balaban J connectivity index is 4.49. The average Bonchev–Trinajstić information content (AvgIpc) is 2.13. The number of aliphatic carboxylic acids is 1. The van der Waals surface area contributed by atoms with E-state index in [2.05, 4.69) is 5.32 Å². The number of carbonyl (C=O) groups is 1. The summed E-state index contributed by atoms with van der Waals surface area (Å²) in [5, 5.41) is 12.6. The molecule has 0 aromatic carbocycles. The van der Waals surface area contributed by atoms with E-state index >= 15 is 0 Å². The van der Waals surface area contributed by atoms with Crippen molar-refractivity contribution in [1.82, 2.24) is 5.32 Å². The van der Waals surface area contributed by atoms with E-state index in [0.29, 0.717) is 6.61 Å². The first kappa shape index (κ1) is 15.4. The summed E-state index contributed by atoms with van der Waals surface area (Å²) in [4.78, 5) is 11.2. The second kappa shape index (κ2) is 5.64. The van der Waals surface area contributed by atoms with Crippen molar-refractivity contribution in [3.05, 3.63) is 0 Å². The number of carboxylic acid groups (broad SMARTS) is 1. The van der Waals surface area contributed by atoms with Crippen molar-refractivity contribution in [2.75, 3.05) is 13.7 Å². The highest BCUT2D eigenvalue weighted by atomic mass is 16.5. The van der Waals surface area contributed by atoms with Crippen molar-refractivity contribution in [2.45, 2.75) is 52.6 Å². The Morgan fingerprint density at radius 2 is 1.88 bits per heavy atom. The molecule has 0 aromatic heterocycles. The first-order chi connectivity index (χ1) is 7.15. The monoisotopic (exact) mass is 231 g/mol. The molecule has 0 saturated carbocycles. The van der Waals surface area contributed by atoms with Gasteiger partial charge in [0.1, 0.15) is 0 Å². The van der Waals surface area contributed by atoms with E-state index in [9.17, 15) is 9.90 Å². The largest absolute Gasteiger partial charge is 0.481 e. The van der Waals surface area contributed by atoms with E-state index < -0.39 is 16.9 Å². The van der Waals surface area contributed by atoms with Crippen molar-refractivity contribution >= 4 is 5.97 Å². The molecule has 4 nitrogen and oxygen atoms in total. The number of rotatable bonds is 7. The Bertz CT molecular complexity index is 236. The Morgan fingerprint density at radius 1 is 1.38 bits per heavy atom. The summed E-state index contributed by atoms with van der Waals surface area (Å²) < 4.78 is 5.00. The zero-order chi connectivity index (χ0) is 13.0. The minimum atomic E-state index is -0.811. The van der Waals surface area contributed by atoms with Crippen LogP contribution in [0.5, 0.6) is 0 Å². The van der Waals surface area contributed by atoms with Crippen molar-refractivity contribution in [1.29, 1.82) is 0 Å². The maximum absolute atomic E-state index is 11.2. The van der Waals surface area contributed by atoms with Crippen molar-refractivity contribution in [3.63, 3.8) is 0 Å². The lowest BCUT2D eigenvalue weighted by Gasteiger charge is -2.41. The molecule has 0 rings (SSSR count). The molecule has 0 aliphatic heterocycles. The van der Waals surface area contributed by atoms with Crippen LogP contribution in [0, 0.1) is 5.41 Å². The normalized spacial score (nSPS) is 14.9. The Morgan fingerprint density at radius 3 is 2.25 bits per heavy atom. The van der Waals surface area contributed by atoms with Gasteiger partial charge in [-0.2, -0.15) is 0 Å². The molecule has 96 valence electrons. The van der Waals surface area contributed by atoms with E-state index in [1.165, 1.54) is 0 Å². The van der Waals surface area contributed by atoms with Gasteiger partial charge in [-0.1, -0.05) is 0 Å². The number of nitrogens with one attached hydrogen (secondary N) is 1. The SMILES string of the molecule is COCCC(C)NC(C)(C)C(C)(C)C(=O)O. The van der Waals surface area contributed by atoms with Crippen LogP contribution < -0.4 is 5.32 Å². The van der Waals surface area contributed by atoms with Gasteiger partial charge in [0.2, 0.25) is 0 Å². The standard InChI is InChI=1S/C12H25NO3/c1-9(7-8-16-6)13-12(4,5)11(2,3)10(14)15/h9,13H,7-8H2,1-6H3,(H,14,15). The van der Waals surface area contributed by atoms with E-state index in [4.69, 9.17) is 4.74 Å². The highest BCUT2D eigenvalue weighted by Crippen LogP contribution is 2.31. The summed E-state index contributed by atoms with van der Waals surface area (Å²) in [5.74, 6) is -0.788. The van der Waals surface area contributed by atoms with Gasteiger partial charge in [0.15, 0.2) is 0 Å². The van der Waals surface area contributed by atoms with E-state index in [1.807, 2.05) is 20.8 Å². The molecule has 4 heteroatoms. The topological polar surface area (TPSA) is 58.6 Å². The van der Waals surface area contributed by atoms with Gasteiger partial charge < -0.3 is 15.2 Å². The van der Waals surface area contributed by atoms with Crippen LogP contribution >= 0.6 is 0 Å². The number of ether oxygens (including phenoxy) is 1. The van der Waals surface area contributed by atoms with Crippen LogP contribution in [-0.4, -0.2) is 36.4 Å². The number of hydrogen-bond acceptors (Lipinski definition) is 3. The molecule has 0 fully saturated rings. The highest BCUT2D eigenvalue weighted by Gasteiger charge is 2.43. The van der Waals surface area contributed by atoms with E-state index in [0.717, 1.165) is 6.42 Å². The molecule has 0 aromatic rings. The summed E-state index contributed by atoms with van der Waals surface area (Å²) in [6, 6.07) is 0.230. The van der Waals surface area contributed by atoms with Gasteiger partial charge in [-0.15, -0.1) is 0 Å². The molecule has 0 amide bonds. The summed E-state index contributed by atoms with van der Waals surface area (Å²) in [6.07, 6.45) is 0.871. The van der Waals surface area contributed by atoms with Crippen LogP contribution in [0.1, 0.15) is 41.0 Å². The third-order valence-corrected chi connectivity index (χ3v) is 3.46. The molecule has 0 saturated heterocycles.